The van der Waals surface area contributed by atoms with Crippen LogP contribution in [-0.2, 0) is 0 Å². The highest BCUT2D eigenvalue weighted by Gasteiger charge is 2.09. The van der Waals surface area contributed by atoms with E-state index in [1.165, 1.54) is 13.4 Å². The van der Waals surface area contributed by atoms with Gasteiger partial charge in [-0.3, -0.25) is 4.79 Å². The zero-order chi connectivity index (χ0) is 11.5. The Morgan fingerprint density at radius 2 is 2.25 bits per heavy atom. The van der Waals surface area contributed by atoms with Gasteiger partial charge in [0.15, 0.2) is 5.82 Å². The molecule has 0 saturated carbocycles. The summed E-state index contributed by atoms with van der Waals surface area (Å²) in [6, 6.07) is 1.67. The molecule has 0 atom stereocenters. The summed E-state index contributed by atoms with van der Waals surface area (Å²) in [5.41, 5.74) is 0.779. The highest BCUT2D eigenvalue weighted by molar-refractivity contribution is 5.48. The number of aromatic amines is 1. The van der Waals surface area contributed by atoms with Crippen molar-refractivity contribution in [2.24, 2.45) is 0 Å². The Kier molecular flexibility index (Phi) is 2.63. The molecule has 82 valence electrons. The Balaban J connectivity index is 2.57. The van der Waals surface area contributed by atoms with Crippen LogP contribution in [0.25, 0.3) is 11.5 Å². The number of hydrogen-bond acceptors (Lipinski definition) is 5. The lowest BCUT2D eigenvalue weighted by molar-refractivity contribution is 0.402. The first-order valence-corrected chi connectivity index (χ1v) is 4.63. The van der Waals surface area contributed by atoms with Gasteiger partial charge in [-0.05, 0) is 13.0 Å². The third-order valence-corrected chi connectivity index (χ3v) is 2.07. The number of ether oxygens (including phenoxy) is 1. The Bertz CT molecular complexity index is 550. The number of nitrogens with one attached hydrogen (secondary N) is 1. The summed E-state index contributed by atoms with van der Waals surface area (Å²) >= 11 is 0. The maximum Gasteiger partial charge on any atom is 0.293 e. The predicted molar refractivity (Wildman–Crippen MR) is 57.2 cm³/mol. The van der Waals surface area contributed by atoms with Crippen molar-refractivity contribution in [1.82, 2.24) is 19.9 Å². The van der Waals surface area contributed by atoms with E-state index in [9.17, 15) is 4.79 Å². The smallest absolute Gasteiger partial charge is 0.293 e. The summed E-state index contributed by atoms with van der Waals surface area (Å²) in [6.07, 6.45) is 2.98. The molecular weight excluding hydrogens is 208 g/mol. The minimum atomic E-state index is -0.316. The van der Waals surface area contributed by atoms with E-state index in [4.69, 9.17) is 4.74 Å². The second-order valence-corrected chi connectivity index (χ2v) is 3.13. The Labute approximate surface area is 91.4 Å². The van der Waals surface area contributed by atoms with Crippen molar-refractivity contribution in [3.05, 3.63) is 34.6 Å². The molecule has 2 heterocycles. The third kappa shape index (κ3) is 1.77. The van der Waals surface area contributed by atoms with Crippen LogP contribution in [0, 0.1) is 6.92 Å². The largest absolute Gasteiger partial charge is 0.490 e. The van der Waals surface area contributed by atoms with Crippen LogP contribution in [0.3, 0.4) is 0 Å². The normalized spacial score (nSPS) is 10.1. The summed E-state index contributed by atoms with van der Waals surface area (Å²) in [7, 11) is 1.43. The molecule has 2 rings (SSSR count). The van der Waals surface area contributed by atoms with Gasteiger partial charge < -0.3 is 9.72 Å². The van der Waals surface area contributed by atoms with Crippen LogP contribution in [-0.4, -0.2) is 27.0 Å². The zero-order valence-electron chi connectivity index (χ0n) is 8.89. The topological polar surface area (TPSA) is 80.8 Å². The predicted octanol–water partition coefficient (Wildman–Crippen LogP) is 0.544. The van der Waals surface area contributed by atoms with E-state index in [1.807, 2.05) is 0 Å². The van der Waals surface area contributed by atoms with Crippen LogP contribution in [0.2, 0.25) is 0 Å². The van der Waals surface area contributed by atoms with Crippen molar-refractivity contribution in [3.63, 3.8) is 0 Å². The minimum Gasteiger partial charge on any atom is -0.490 e. The summed E-state index contributed by atoms with van der Waals surface area (Å²) in [5.74, 6) is 0.628. The van der Waals surface area contributed by atoms with Crippen LogP contribution < -0.4 is 10.3 Å². The Morgan fingerprint density at radius 3 is 2.81 bits per heavy atom. The van der Waals surface area contributed by atoms with Gasteiger partial charge in [0.05, 0.1) is 12.8 Å². The second-order valence-electron chi connectivity index (χ2n) is 3.13. The number of H-pyrrole nitrogens is 1. The first kappa shape index (κ1) is 10.3. The van der Waals surface area contributed by atoms with Crippen LogP contribution >= 0.6 is 0 Å². The van der Waals surface area contributed by atoms with E-state index in [0.717, 1.165) is 0 Å². The standard InChI is InChI=1S/C10H10N4O2/c1-6-8(16-2)10(15)14-9(13-6)7-3-4-11-5-12-7/h3-5H,1-2H3,(H,13,14,15). The summed E-state index contributed by atoms with van der Waals surface area (Å²) in [6.45, 7) is 1.71. The molecule has 0 aromatic carbocycles. The third-order valence-electron chi connectivity index (χ3n) is 2.07. The molecule has 0 fully saturated rings. The second kappa shape index (κ2) is 4.09. The van der Waals surface area contributed by atoms with Gasteiger partial charge in [-0.2, -0.15) is 0 Å². The molecule has 0 spiro atoms. The quantitative estimate of drug-likeness (QED) is 0.795. The fraction of sp³-hybridized carbons (Fsp3) is 0.200. The van der Waals surface area contributed by atoms with Crippen molar-refractivity contribution in [1.29, 1.82) is 0 Å². The fourth-order valence-electron chi connectivity index (χ4n) is 1.37. The van der Waals surface area contributed by atoms with Gasteiger partial charge >= 0.3 is 0 Å². The maximum absolute atomic E-state index is 11.6. The average Bonchev–Trinajstić information content (AvgIpc) is 2.30. The van der Waals surface area contributed by atoms with Crippen LogP contribution in [0.1, 0.15) is 5.69 Å². The van der Waals surface area contributed by atoms with Gasteiger partial charge in [0.2, 0.25) is 5.75 Å². The van der Waals surface area contributed by atoms with E-state index in [0.29, 0.717) is 17.2 Å². The van der Waals surface area contributed by atoms with Gasteiger partial charge in [-0.15, -0.1) is 0 Å². The van der Waals surface area contributed by atoms with Crippen molar-refractivity contribution in [3.8, 4) is 17.3 Å². The number of aromatic nitrogens is 4. The van der Waals surface area contributed by atoms with Gasteiger partial charge in [0.1, 0.15) is 12.0 Å². The molecule has 0 aliphatic heterocycles. The molecule has 6 heteroatoms. The molecule has 0 amide bonds. The molecule has 16 heavy (non-hydrogen) atoms. The van der Waals surface area contributed by atoms with E-state index in [1.54, 1.807) is 19.2 Å². The van der Waals surface area contributed by atoms with Crippen LogP contribution in [0.15, 0.2) is 23.4 Å². The van der Waals surface area contributed by atoms with E-state index >= 15 is 0 Å². The van der Waals surface area contributed by atoms with Gasteiger partial charge in [0.25, 0.3) is 5.56 Å². The number of aryl methyl sites for hydroxylation is 1. The fourth-order valence-corrected chi connectivity index (χ4v) is 1.37. The van der Waals surface area contributed by atoms with Crippen molar-refractivity contribution in [2.45, 2.75) is 6.92 Å². The molecule has 2 aromatic rings. The highest BCUT2D eigenvalue weighted by Crippen LogP contribution is 2.13. The van der Waals surface area contributed by atoms with Crippen molar-refractivity contribution in [2.75, 3.05) is 7.11 Å². The van der Waals surface area contributed by atoms with Crippen LogP contribution in [0.4, 0.5) is 0 Å². The molecule has 0 unspecified atom stereocenters. The van der Waals surface area contributed by atoms with Gasteiger partial charge in [-0.25, -0.2) is 15.0 Å². The number of rotatable bonds is 2. The van der Waals surface area contributed by atoms with Crippen LogP contribution in [0.5, 0.6) is 5.75 Å². The number of nitrogens with zero attached hydrogens (tertiary/aromatic N) is 3. The zero-order valence-corrected chi connectivity index (χ0v) is 8.89. The molecule has 6 nitrogen and oxygen atoms in total. The number of methoxy groups -OCH3 is 1. The lowest BCUT2D eigenvalue weighted by atomic mass is 10.3. The van der Waals surface area contributed by atoms with Crippen molar-refractivity contribution >= 4 is 0 Å². The molecule has 2 aromatic heterocycles. The molecule has 0 bridgehead atoms. The summed E-state index contributed by atoms with van der Waals surface area (Å²) < 4.78 is 4.93. The molecular formula is C10H10N4O2. The molecule has 0 aliphatic carbocycles. The van der Waals surface area contributed by atoms with Crippen molar-refractivity contribution < 1.29 is 4.74 Å². The lowest BCUT2D eigenvalue weighted by Crippen LogP contribution is -2.14. The molecule has 0 saturated heterocycles. The minimum absolute atomic E-state index is 0.220. The molecule has 0 aliphatic rings. The first-order valence-electron chi connectivity index (χ1n) is 4.63. The first-order chi connectivity index (χ1) is 7.72. The average molecular weight is 218 g/mol. The van der Waals surface area contributed by atoms with Gasteiger partial charge in [0, 0.05) is 6.20 Å². The van der Waals surface area contributed by atoms with E-state index < -0.39 is 0 Å². The summed E-state index contributed by atoms with van der Waals surface area (Å²) in [4.78, 5) is 26.2. The molecule has 1 N–H and O–H groups in total. The lowest BCUT2D eigenvalue weighted by Gasteiger charge is -2.04. The number of hydrogen-bond donors (Lipinski definition) is 1. The van der Waals surface area contributed by atoms with Gasteiger partial charge in [-0.1, -0.05) is 0 Å². The molecule has 0 radical (unpaired) electrons. The van der Waals surface area contributed by atoms with E-state index in [-0.39, 0.29) is 11.3 Å². The monoisotopic (exact) mass is 218 g/mol. The highest BCUT2D eigenvalue weighted by atomic mass is 16.5. The Hall–Kier alpha value is -2.24. The Morgan fingerprint density at radius 1 is 1.44 bits per heavy atom. The summed E-state index contributed by atoms with van der Waals surface area (Å²) in [5, 5.41) is 0. The van der Waals surface area contributed by atoms with E-state index in [2.05, 4.69) is 19.9 Å². The maximum atomic E-state index is 11.6. The SMILES string of the molecule is COc1c(C)nc(-c2ccncn2)[nH]c1=O.